The van der Waals surface area contributed by atoms with E-state index in [1.807, 2.05) is 0 Å². The molecule has 0 radical (unpaired) electrons. The SMILES string of the molecule is O=C1C(SCC2CC2)CCN1Cc1ccccc1[N+](=O)[O-]. The van der Waals surface area contributed by atoms with Gasteiger partial charge >= 0.3 is 0 Å². The van der Waals surface area contributed by atoms with Gasteiger partial charge < -0.3 is 4.90 Å². The highest BCUT2D eigenvalue weighted by atomic mass is 32.2. The number of hydrogen-bond donors (Lipinski definition) is 0. The van der Waals surface area contributed by atoms with Crippen LogP contribution in [0.3, 0.4) is 0 Å². The first-order valence-electron chi connectivity index (χ1n) is 7.28. The second kappa shape index (κ2) is 6.05. The number of para-hydroxylation sites is 1. The Kier molecular flexibility index (Phi) is 4.14. The van der Waals surface area contributed by atoms with Crippen molar-refractivity contribution in [3.63, 3.8) is 0 Å². The van der Waals surface area contributed by atoms with Crippen LogP contribution in [-0.4, -0.2) is 33.3 Å². The molecule has 2 fully saturated rings. The topological polar surface area (TPSA) is 63.5 Å². The van der Waals surface area contributed by atoms with Gasteiger partial charge in [-0.1, -0.05) is 18.2 Å². The Morgan fingerprint density at radius 2 is 2.05 bits per heavy atom. The van der Waals surface area contributed by atoms with Gasteiger partial charge in [0.25, 0.3) is 5.69 Å². The van der Waals surface area contributed by atoms with Crippen LogP contribution < -0.4 is 0 Å². The zero-order chi connectivity index (χ0) is 14.8. The van der Waals surface area contributed by atoms with Gasteiger partial charge in [0.2, 0.25) is 5.91 Å². The summed E-state index contributed by atoms with van der Waals surface area (Å²) >= 11 is 1.76. The van der Waals surface area contributed by atoms with Crippen molar-refractivity contribution in [2.75, 3.05) is 12.3 Å². The van der Waals surface area contributed by atoms with Crippen LogP contribution in [0.5, 0.6) is 0 Å². The van der Waals surface area contributed by atoms with Crippen LogP contribution in [-0.2, 0) is 11.3 Å². The average Bonchev–Trinajstić information content (AvgIpc) is 3.24. The summed E-state index contributed by atoms with van der Waals surface area (Å²) in [6, 6.07) is 6.66. The van der Waals surface area contributed by atoms with Gasteiger partial charge in [0.1, 0.15) is 0 Å². The van der Waals surface area contributed by atoms with Crippen molar-refractivity contribution in [2.45, 2.75) is 31.1 Å². The molecule has 1 unspecified atom stereocenters. The fourth-order valence-electron chi connectivity index (χ4n) is 2.59. The van der Waals surface area contributed by atoms with Gasteiger partial charge in [-0.15, -0.1) is 11.8 Å². The fraction of sp³-hybridized carbons (Fsp3) is 0.533. The Morgan fingerprint density at radius 3 is 2.76 bits per heavy atom. The standard InChI is InChI=1S/C15H18N2O3S/c18-15-14(21-10-11-5-6-11)7-8-16(15)9-12-3-1-2-4-13(12)17(19)20/h1-4,11,14H,5-10H2. The number of thioether (sulfide) groups is 1. The molecule has 1 aromatic rings. The van der Waals surface area contributed by atoms with Crippen molar-refractivity contribution in [3.8, 4) is 0 Å². The summed E-state index contributed by atoms with van der Waals surface area (Å²) in [6.45, 7) is 1.05. The quantitative estimate of drug-likeness (QED) is 0.599. The van der Waals surface area contributed by atoms with Crippen molar-refractivity contribution in [2.24, 2.45) is 5.92 Å². The van der Waals surface area contributed by atoms with E-state index in [1.54, 1.807) is 34.9 Å². The number of benzene rings is 1. The number of nitro groups is 1. The molecule has 1 aromatic carbocycles. The molecule has 2 aliphatic rings. The van der Waals surface area contributed by atoms with E-state index in [0.717, 1.165) is 18.1 Å². The third-order valence-corrected chi connectivity index (χ3v) is 5.53. The van der Waals surface area contributed by atoms with Gasteiger partial charge in [0.15, 0.2) is 0 Å². The molecule has 1 saturated heterocycles. The Labute approximate surface area is 127 Å². The summed E-state index contributed by atoms with van der Waals surface area (Å²) in [5.74, 6) is 2.03. The van der Waals surface area contributed by atoms with E-state index >= 15 is 0 Å². The van der Waals surface area contributed by atoms with Gasteiger partial charge in [-0.25, -0.2) is 0 Å². The largest absolute Gasteiger partial charge is 0.337 e. The van der Waals surface area contributed by atoms with Crippen LogP contribution in [0.2, 0.25) is 0 Å². The maximum absolute atomic E-state index is 12.4. The first-order valence-corrected chi connectivity index (χ1v) is 8.32. The molecular weight excluding hydrogens is 288 g/mol. The first kappa shape index (κ1) is 14.4. The van der Waals surface area contributed by atoms with Crippen molar-refractivity contribution < 1.29 is 9.72 Å². The number of carbonyl (C=O) groups excluding carboxylic acids is 1. The van der Waals surface area contributed by atoms with Gasteiger partial charge in [0.05, 0.1) is 16.7 Å². The zero-order valence-electron chi connectivity index (χ0n) is 11.7. The molecule has 0 bridgehead atoms. The van der Waals surface area contributed by atoms with E-state index < -0.39 is 0 Å². The molecule has 1 atom stereocenters. The molecule has 0 aromatic heterocycles. The molecule has 0 spiro atoms. The zero-order valence-corrected chi connectivity index (χ0v) is 12.6. The molecule has 3 rings (SSSR count). The predicted octanol–water partition coefficient (Wildman–Crippen LogP) is 2.84. The smallest absolute Gasteiger partial charge is 0.274 e. The lowest BCUT2D eigenvalue weighted by Gasteiger charge is -2.16. The Balaban J connectivity index is 1.63. The number of carbonyl (C=O) groups is 1. The van der Waals surface area contributed by atoms with E-state index in [1.165, 1.54) is 18.9 Å². The monoisotopic (exact) mass is 306 g/mol. The van der Waals surface area contributed by atoms with Gasteiger partial charge in [-0.05, 0) is 30.9 Å². The minimum atomic E-state index is -0.380. The number of amides is 1. The van der Waals surface area contributed by atoms with Crippen molar-refractivity contribution in [1.29, 1.82) is 0 Å². The second-order valence-electron chi connectivity index (χ2n) is 5.70. The summed E-state index contributed by atoms with van der Waals surface area (Å²) in [4.78, 5) is 24.8. The highest BCUT2D eigenvalue weighted by molar-refractivity contribution is 8.00. The summed E-state index contributed by atoms with van der Waals surface area (Å²) in [5, 5.41) is 11.1. The van der Waals surface area contributed by atoms with Crippen molar-refractivity contribution in [1.82, 2.24) is 4.90 Å². The van der Waals surface area contributed by atoms with E-state index in [9.17, 15) is 14.9 Å². The molecule has 112 valence electrons. The Morgan fingerprint density at radius 1 is 1.29 bits per heavy atom. The molecule has 21 heavy (non-hydrogen) atoms. The number of hydrogen-bond acceptors (Lipinski definition) is 4. The van der Waals surface area contributed by atoms with Crippen molar-refractivity contribution in [3.05, 3.63) is 39.9 Å². The number of likely N-dealkylation sites (tertiary alicyclic amines) is 1. The summed E-state index contributed by atoms with van der Waals surface area (Å²) in [6.07, 6.45) is 3.46. The molecule has 1 saturated carbocycles. The van der Waals surface area contributed by atoms with Crippen LogP contribution in [0.4, 0.5) is 5.69 Å². The summed E-state index contributed by atoms with van der Waals surface area (Å²) in [7, 11) is 0. The fourth-order valence-corrected chi connectivity index (χ4v) is 3.99. The summed E-state index contributed by atoms with van der Waals surface area (Å²) < 4.78 is 0. The first-order chi connectivity index (χ1) is 10.1. The molecule has 0 N–H and O–H groups in total. The van der Waals surface area contributed by atoms with E-state index in [0.29, 0.717) is 18.7 Å². The third-order valence-electron chi connectivity index (χ3n) is 4.03. The number of rotatable bonds is 6. The summed E-state index contributed by atoms with van der Waals surface area (Å²) in [5.41, 5.74) is 0.711. The van der Waals surface area contributed by atoms with Crippen LogP contribution in [0, 0.1) is 16.0 Å². The second-order valence-corrected chi connectivity index (χ2v) is 6.94. The molecule has 5 nitrogen and oxygen atoms in total. The lowest BCUT2D eigenvalue weighted by atomic mass is 10.1. The van der Waals surface area contributed by atoms with Crippen LogP contribution in [0.15, 0.2) is 24.3 Å². The van der Waals surface area contributed by atoms with E-state index in [2.05, 4.69) is 0 Å². The molecule has 1 aliphatic heterocycles. The highest BCUT2D eigenvalue weighted by Crippen LogP contribution is 2.36. The van der Waals surface area contributed by atoms with Crippen LogP contribution >= 0.6 is 11.8 Å². The maximum atomic E-state index is 12.4. The lowest BCUT2D eigenvalue weighted by Crippen LogP contribution is -2.28. The van der Waals surface area contributed by atoms with Gasteiger partial charge in [-0.3, -0.25) is 14.9 Å². The molecular formula is C15H18N2O3S. The lowest BCUT2D eigenvalue weighted by molar-refractivity contribution is -0.385. The van der Waals surface area contributed by atoms with Crippen LogP contribution in [0.1, 0.15) is 24.8 Å². The van der Waals surface area contributed by atoms with Gasteiger partial charge in [0, 0.05) is 18.2 Å². The van der Waals surface area contributed by atoms with E-state index in [4.69, 9.17) is 0 Å². The third kappa shape index (κ3) is 3.37. The minimum absolute atomic E-state index is 0.0494. The minimum Gasteiger partial charge on any atom is -0.337 e. The predicted molar refractivity (Wildman–Crippen MR) is 82.1 cm³/mol. The number of nitro benzene ring substituents is 1. The number of nitrogens with zero attached hydrogens (tertiary/aromatic N) is 2. The molecule has 6 heteroatoms. The normalized spacial score (nSPS) is 21.8. The van der Waals surface area contributed by atoms with Crippen molar-refractivity contribution >= 4 is 23.4 Å². The Hall–Kier alpha value is -1.56. The Bertz CT molecular complexity index is 560. The average molecular weight is 306 g/mol. The van der Waals surface area contributed by atoms with E-state index in [-0.39, 0.29) is 21.8 Å². The molecule has 1 aliphatic carbocycles. The molecule has 1 heterocycles. The highest BCUT2D eigenvalue weighted by Gasteiger charge is 2.34. The maximum Gasteiger partial charge on any atom is 0.274 e. The van der Waals surface area contributed by atoms with Crippen LogP contribution in [0.25, 0.3) is 0 Å². The molecule has 1 amide bonds. The van der Waals surface area contributed by atoms with Gasteiger partial charge in [-0.2, -0.15) is 0 Å².